The summed E-state index contributed by atoms with van der Waals surface area (Å²) in [5, 5.41) is 3.65. The zero-order valence-electron chi connectivity index (χ0n) is 12.3. The number of aromatic nitrogens is 1. The Morgan fingerprint density at radius 1 is 1.15 bits per heavy atom. The fraction of sp³-hybridized carbons (Fsp3) is 0.706. The maximum absolute atomic E-state index is 5.79. The summed E-state index contributed by atoms with van der Waals surface area (Å²) in [7, 11) is 0. The zero-order chi connectivity index (χ0) is 13.7. The first-order valence-corrected chi connectivity index (χ1v) is 8.12. The Kier molecular flexibility index (Phi) is 2.73. The Hall–Kier alpha value is -1.25. The summed E-state index contributed by atoms with van der Waals surface area (Å²) in [5.41, 5.74) is 6.30. The van der Waals surface area contributed by atoms with E-state index in [0.717, 1.165) is 23.6 Å². The molecule has 0 amide bonds. The molecule has 0 aromatic carbocycles. The second-order valence-corrected chi connectivity index (χ2v) is 7.59. The normalized spacial score (nSPS) is 39.8. The highest BCUT2D eigenvalue weighted by atomic mass is 15.0. The lowest BCUT2D eigenvalue weighted by Crippen LogP contribution is -2.53. The van der Waals surface area contributed by atoms with Gasteiger partial charge in [0.05, 0.1) is 0 Å². The lowest BCUT2D eigenvalue weighted by atomic mass is 9.48. The van der Waals surface area contributed by atoms with Gasteiger partial charge < -0.3 is 11.1 Å². The van der Waals surface area contributed by atoms with E-state index in [1.54, 1.807) is 0 Å². The summed E-state index contributed by atoms with van der Waals surface area (Å²) < 4.78 is 0. The standard InChI is InChI=1S/C17H25N3/c1-11(19-16-4-2-3-15(18)20-16)17-8-12-5-13(9-17)7-14(6-12)10-17/h2-4,11-14H,5-10H2,1H3,(H3,18,19,20). The van der Waals surface area contributed by atoms with E-state index in [9.17, 15) is 0 Å². The number of pyridine rings is 1. The molecule has 1 heterocycles. The number of nitrogens with one attached hydrogen (secondary N) is 1. The summed E-state index contributed by atoms with van der Waals surface area (Å²) in [6.45, 7) is 2.36. The molecule has 20 heavy (non-hydrogen) atoms. The summed E-state index contributed by atoms with van der Waals surface area (Å²) in [5.74, 6) is 4.54. The second kappa shape index (κ2) is 4.37. The molecule has 0 saturated heterocycles. The lowest BCUT2D eigenvalue weighted by molar-refractivity contribution is -0.0603. The van der Waals surface area contributed by atoms with Crippen LogP contribution in [0.15, 0.2) is 18.2 Å². The third-order valence-corrected chi connectivity index (χ3v) is 6.14. The van der Waals surface area contributed by atoms with Crippen LogP contribution in [0.5, 0.6) is 0 Å². The molecule has 1 aromatic heterocycles. The fourth-order valence-corrected chi connectivity index (χ4v) is 5.61. The van der Waals surface area contributed by atoms with Crippen LogP contribution in [-0.2, 0) is 0 Å². The lowest BCUT2D eigenvalue weighted by Gasteiger charge is -2.59. The van der Waals surface area contributed by atoms with Gasteiger partial charge in [0.25, 0.3) is 0 Å². The van der Waals surface area contributed by atoms with Crippen molar-refractivity contribution in [2.45, 2.75) is 51.5 Å². The molecule has 3 heteroatoms. The van der Waals surface area contributed by atoms with Crippen molar-refractivity contribution >= 4 is 11.6 Å². The van der Waals surface area contributed by atoms with E-state index in [-0.39, 0.29) is 0 Å². The van der Waals surface area contributed by atoms with E-state index in [1.165, 1.54) is 38.5 Å². The number of nitrogens with zero attached hydrogens (tertiary/aromatic N) is 1. The number of nitrogens with two attached hydrogens (primary N) is 1. The van der Waals surface area contributed by atoms with Crippen molar-refractivity contribution in [2.75, 3.05) is 11.1 Å². The van der Waals surface area contributed by atoms with Gasteiger partial charge in [-0.2, -0.15) is 0 Å². The molecule has 0 aliphatic heterocycles. The van der Waals surface area contributed by atoms with Crippen LogP contribution >= 0.6 is 0 Å². The molecule has 3 nitrogen and oxygen atoms in total. The predicted octanol–water partition coefficient (Wildman–Crippen LogP) is 3.68. The summed E-state index contributed by atoms with van der Waals surface area (Å²) in [6, 6.07) is 6.37. The fourth-order valence-electron chi connectivity index (χ4n) is 5.61. The topological polar surface area (TPSA) is 50.9 Å². The molecule has 4 aliphatic carbocycles. The van der Waals surface area contributed by atoms with Crippen molar-refractivity contribution in [1.82, 2.24) is 4.98 Å². The van der Waals surface area contributed by atoms with Gasteiger partial charge in [0.15, 0.2) is 0 Å². The molecule has 0 radical (unpaired) electrons. The van der Waals surface area contributed by atoms with Gasteiger partial charge in [0.2, 0.25) is 0 Å². The van der Waals surface area contributed by atoms with E-state index < -0.39 is 0 Å². The quantitative estimate of drug-likeness (QED) is 0.881. The van der Waals surface area contributed by atoms with Crippen LogP contribution < -0.4 is 11.1 Å². The minimum Gasteiger partial charge on any atom is -0.384 e. The van der Waals surface area contributed by atoms with Crippen LogP contribution in [0.3, 0.4) is 0 Å². The van der Waals surface area contributed by atoms with Crippen LogP contribution in [0.25, 0.3) is 0 Å². The van der Waals surface area contributed by atoms with Crippen molar-refractivity contribution in [2.24, 2.45) is 23.2 Å². The number of hydrogen-bond acceptors (Lipinski definition) is 3. The maximum Gasteiger partial charge on any atom is 0.128 e. The van der Waals surface area contributed by atoms with E-state index in [4.69, 9.17) is 5.73 Å². The third kappa shape index (κ3) is 1.99. The molecular weight excluding hydrogens is 246 g/mol. The van der Waals surface area contributed by atoms with Crippen molar-refractivity contribution in [1.29, 1.82) is 0 Å². The largest absolute Gasteiger partial charge is 0.384 e. The molecule has 0 spiro atoms. The highest BCUT2D eigenvalue weighted by Gasteiger charge is 2.53. The molecule has 4 fully saturated rings. The van der Waals surface area contributed by atoms with Crippen LogP contribution in [0.4, 0.5) is 11.6 Å². The van der Waals surface area contributed by atoms with Gasteiger partial charge in [-0.25, -0.2) is 4.98 Å². The van der Waals surface area contributed by atoms with Crippen molar-refractivity contribution < 1.29 is 0 Å². The summed E-state index contributed by atoms with van der Waals surface area (Å²) in [4.78, 5) is 4.41. The molecule has 1 atom stereocenters. The first-order valence-electron chi connectivity index (χ1n) is 8.12. The van der Waals surface area contributed by atoms with Crippen LogP contribution in [-0.4, -0.2) is 11.0 Å². The number of anilines is 2. The summed E-state index contributed by atoms with van der Waals surface area (Å²) in [6.07, 6.45) is 8.79. The van der Waals surface area contributed by atoms with Gasteiger partial charge in [0, 0.05) is 6.04 Å². The highest BCUT2D eigenvalue weighted by Crippen LogP contribution is 2.61. The third-order valence-electron chi connectivity index (χ3n) is 6.14. The second-order valence-electron chi connectivity index (χ2n) is 7.59. The van der Waals surface area contributed by atoms with E-state index in [0.29, 0.717) is 17.3 Å². The molecule has 108 valence electrons. The van der Waals surface area contributed by atoms with Gasteiger partial charge in [0.1, 0.15) is 11.6 Å². The molecule has 3 N–H and O–H groups in total. The highest BCUT2D eigenvalue weighted by molar-refractivity contribution is 5.43. The molecule has 4 bridgehead atoms. The van der Waals surface area contributed by atoms with Gasteiger partial charge in [-0.05, 0) is 80.8 Å². The monoisotopic (exact) mass is 271 g/mol. The van der Waals surface area contributed by atoms with Gasteiger partial charge in [-0.3, -0.25) is 0 Å². The average molecular weight is 271 g/mol. The Labute approximate surface area is 121 Å². The SMILES string of the molecule is CC(Nc1cccc(N)n1)C12CC3CC(CC(C3)C1)C2. The number of nitrogen functional groups attached to an aromatic ring is 1. The zero-order valence-corrected chi connectivity index (χ0v) is 12.3. The maximum atomic E-state index is 5.79. The molecule has 5 rings (SSSR count). The minimum absolute atomic E-state index is 0.505. The molecule has 1 unspecified atom stereocenters. The van der Waals surface area contributed by atoms with Gasteiger partial charge in [-0.15, -0.1) is 0 Å². The summed E-state index contributed by atoms with van der Waals surface area (Å²) >= 11 is 0. The predicted molar refractivity (Wildman–Crippen MR) is 82.3 cm³/mol. The molecule has 1 aromatic rings. The average Bonchev–Trinajstić information content (AvgIpc) is 2.37. The van der Waals surface area contributed by atoms with Crippen molar-refractivity contribution in [3.63, 3.8) is 0 Å². The Bertz CT molecular complexity index is 475. The van der Waals surface area contributed by atoms with Crippen LogP contribution in [0, 0.1) is 23.2 Å². The molecular formula is C17H25N3. The first kappa shape index (κ1) is 12.5. The smallest absolute Gasteiger partial charge is 0.128 e. The minimum atomic E-state index is 0.505. The van der Waals surface area contributed by atoms with Gasteiger partial charge >= 0.3 is 0 Å². The molecule has 4 saturated carbocycles. The Morgan fingerprint density at radius 2 is 1.75 bits per heavy atom. The van der Waals surface area contributed by atoms with Crippen LogP contribution in [0.1, 0.15) is 45.4 Å². The van der Waals surface area contributed by atoms with E-state index in [2.05, 4.69) is 17.2 Å². The molecule has 4 aliphatic rings. The van der Waals surface area contributed by atoms with Crippen LogP contribution in [0.2, 0.25) is 0 Å². The van der Waals surface area contributed by atoms with E-state index >= 15 is 0 Å². The van der Waals surface area contributed by atoms with E-state index in [1.807, 2.05) is 18.2 Å². The Morgan fingerprint density at radius 3 is 2.30 bits per heavy atom. The first-order chi connectivity index (χ1) is 9.63. The van der Waals surface area contributed by atoms with Crippen molar-refractivity contribution in [3.8, 4) is 0 Å². The van der Waals surface area contributed by atoms with Gasteiger partial charge in [-0.1, -0.05) is 6.07 Å². The number of hydrogen-bond donors (Lipinski definition) is 2. The number of rotatable bonds is 3. The Balaban J connectivity index is 1.54. The van der Waals surface area contributed by atoms with Crippen molar-refractivity contribution in [3.05, 3.63) is 18.2 Å².